The van der Waals surface area contributed by atoms with E-state index in [0.717, 1.165) is 23.4 Å². The maximum Gasteiger partial charge on any atom is 0.227 e. The summed E-state index contributed by atoms with van der Waals surface area (Å²) >= 11 is 0. The van der Waals surface area contributed by atoms with Gasteiger partial charge in [0.1, 0.15) is 11.5 Å². The van der Waals surface area contributed by atoms with E-state index in [-0.39, 0.29) is 5.92 Å². The fourth-order valence-corrected chi connectivity index (χ4v) is 5.93. The highest BCUT2D eigenvalue weighted by molar-refractivity contribution is 5.79. The van der Waals surface area contributed by atoms with E-state index in [9.17, 15) is 4.79 Å². The molecule has 4 nitrogen and oxygen atoms in total. The molecule has 4 aliphatic rings. The van der Waals surface area contributed by atoms with E-state index in [2.05, 4.69) is 0 Å². The molecule has 0 aliphatic heterocycles. The second-order valence-corrected chi connectivity index (χ2v) is 8.31. The van der Waals surface area contributed by atoms with E-state index in [1.54, 1.807) is 12.5 Å². The molecule has 0 spiro atoms. The van der Waals surface area contributed by atoms with Gasteiger partial charge in [-0.1, -0.05) is 0 Å². The van der Waals surface area contributed by atoms with Crippen LogP contribution >= 0.6 is 0 Å². The number of hydrogen-bond donors (Lipinski definition) is 0. The van der Waals surface area contributed by atoms with E-state index < -0.39 is 0 Å². The van der Waals surface area contributed by atoms with Gasteiger partial charge in [-0.25, -0.2) is 0 Å². The first-order valence-electron chi connectivity index (χ1n) is 9.60. The second kappa shape index (κ2) is 6.08. The summed E-state index contributed by atoms with van der Waals surface area (Å²) in [5.41, 5.74) is 0. The summed E-state index contributed by atoms with van der Waals surface area (Å²) < 4.78 is 11.0. The summed E-state index contributed by atoms with van der Waals surface area (Å²) in [6, 6.07) is 7.65. The van der Waals surface area contributed by atoms with Crippen LogP contribution in [0.4, 0.5) is 0 Å². The molecule has 6 rings (SSSR count). The van der Waals surface area contributed by atoms with Crippen molar-refractivity contribution in [1.82, 2.24) is 4.90 Å². The van der Waals surface area contributed by atoms with Crippen LogP contribution in [0.15, 0.2) is 45.6 Å². The maximum absolute atomic E-state index is 13.5. The molecule has 2 aromatic heterocycles. The maximum atomic E-state index is 13.5. The summed E-state index contributed by atoms with van der Waals surface area (Å²) in [4.78, 5) is 15.5. The van der Waals surface area contributed by atoms with Gasteiger partial charge in [0.2, 0.25) is 5.91 Å². The Morgan fingerprint density at radius 2 is 1.40 bits per heavy atom. The van der Waals surface area contributed by atoms with Gasteiger partial charge < -0.3 is 13.7 Å². The van der Waals surface area contributed by atoms with Gasteiger partial charge in [0.25, 0.3) is 0 Å². The molecule has 4 fully saturated rings. The Morgan fingerprint density at radius 3 is 1.84 bits per heavy atom. The number of furan rings is 2. The lowest BCUT2D eigenvalue weighted by Gasteiger charge is -2.54. The minimum atomic E-state index is 0.206. The van der Waals surface area contributed by atoms with Crippen molar-refractivity contribution in [3.05, 3.63) is 48.3 Å². The van der Waals surface area contributed by atoms with Crippen LogP contribution in [-0.4, -0.2) is 10.8 Å². The van der Waals surface area contributed by atoms with E-state index >= 15 is 0 Å². The van der Waals surface area contributed by atoms with Gasteiger partial charge in [-0.05, 0) is 80.0 Å². The minimum Gasteiger partial charge on any atom is -0.467 e. The van der Waals surface area contributed by atoms with Crippen molar-refractivity contribution >= 4 is 5.91 Å². The number of amides is 1. The molecule has 1 amide bonds. The molecule has 4 bridgehead atoms. The predicted molar refractivity (Wildman–Crippen MR) is 92.2 cm³/mol. The SMILES string of the molecule is O=C(C1C2CC3CC(C2)CC1C3)N(Cc1ccco1)Cc1ccco1. The van der Waals surface area contributed by atoms with Crippen LogP contribution in [0.3, 0.4) is 0 Å². The number of nitrogens with zero attached hydrogens (tertiary/aromatic N) is 1. The molecule has 0 aromatic carbocycles. The summed E-state index contributed by atoms with van der Waals surface area (Å²) in [5.74, 6) is 5.15. The Labute approximate surface area is 148 Å². The normalized spacial score (nSPS) is 32.9. The Balaban J connectivity index is 1.39. The quantitative estimate of drug-likeness (QED) is 0.807. The van der Waals surface area contributed by atoms with Crippen molar-refractivity contribution in [2.24, 2.45) is 29.6 Å². The second-order valence-electron chi connectivity index (χ2n) is 8.31. The average Bonchev–Trinajstić information content (AvgIpc) is 3.27. The molecule has 4 aliphatic carbocycles. The van der Waals surface area contributed by atoms with Crippen molar-refractivity contribution in [1.29, 1.82) is 0 Å². The van der Waals surface area contributed by atoms with Crippen LogP contribution in [0.2, 0.25) is 0 Å². The standard InChI is InChI=1S/C21H25NO3/c23-21(20-16-8-14-7-15(10-16)11-17(20)9-14)22(12-18-3-1-5-24-18)13-19-4-2-6-25-19/h1-6,14-17,20H,7-13H2. The van der Waals surface area contributed by atoms with Crippen molar-refractivity contribution in [3.8, 4) is 0 Å². The van der Waals surface area contributed by atoms with Gasteiger partial charge in [0.15, 0.2) is 0 Å². The largest absolute Gasteiger partial charge is 0.467 e. The number of carbonyl (C=O) groups excluding carboxylic acids is 1. The Bertz CT molecular complexity index is 654. The van der Waals surface area contributed by atoms with Crippen molar-refractivity contribution in [3.63, 3.8) is 0 Å². The topological polar surface area (TPSA) is 46.6 Å². The van der Waals surface area contributed by atoms with E-state index in [1.807, 2.05) is 29.2 Å². The summed E-state index contributed by atoms with van der Waals surface area (Å²) in [5, 5.41) is 0. The lowest BCUT2D eigenvalue weighted by molar-refractivity contribution is -0.151. The zero-order valence-electron chi connectivity index (χ0n) is 14.5. The highest BCUT2D eigenvalue weighted by Gasteiger charge is 2.51. The van der Waals surface area contributed by atoms with E-state index in [4.69, 9.17) is 8.83 Å². The summed E-state index contributed by atoms with van der Waals surface area (Å²) in [7, 11) is 0. The molecule has 0 unspecified atom stereocenters. The van der Waals surface area contributed by atoms with Crippen molar-refractivity contribution in [2.45, 2.75) is 45.2 Å². The Kier molecular flexibility index (Phi) is 3.72. The first-order chi connectivity index (χ1) is 12.3. The molecular weight excluding hydrogens is 314 g/mol. The van der Waals surface area contributed by atoms with Crippen LogP contribution in [-0.2, 0) is 17.9 Å². The van der Waals surface area contributed by atoms with Crippen LogP contribution in [0, 0.1) is 29.6 Å². The Morgan fingerprint density at radius 1 is 0.880 bits per heavy atom. The molecule has 0 saturated heterocycles. The molecule has 0 N–H and O–H groups in total. The molecule has 4 heteroatoms. The van der Waals surface area contributed by atoms with Crippen LogP contribution in [0.25, 0.3) is 0 Å². The third kappa shape index (κ3) is 2.82. The lowest BCUT2D eigenvalue weighted by Crippen LogP contribution is -2.51. The third-order valence-electron chi connectivity index (χ3n) is 6.68. The van der Waals surface area contributed by atoms with Gasteiger partial charge in [0.05, 0.1) is 25.6 Å². The molecule has 0 radical (unpaired) electrons. The highest BCUT2D eigenvalue weighted by atomic mass is 16.3. The molecule has 0 atom stereocenters. The van der Waals surface area contributed by atoms with E-state index in [0.29, 0.717) is 30.8 Å². The molecular formula is C21H25NO3. The monoisotopic (exact) mass is 339 g/mol. The number of hydrogen-bond acceptors (Lipinski definition) is 3. The van der Waals surface area contributed by atoms with Gasteiger partial charge in [-0.3, -0.25) is 4.79 Å². The van der Waals surface area contributed by atoms with Crippen LogP contribution in [0.5, 0.6) is 0 Å². The highest BCUT2D eigenvalue weighted by Crippen LogP contribution is 2.57. The predicted octanol–water partition coefficient (Wildman–Crippen LogP) is 4.47. The van der Waals surface area contributed by atoms with Crippen LogP contribution < -0.4 is 0 Å². The van der Waals surface area contributed by atoms with Crippen LogP contribution in [0.1, 0.15) is 43.6 Å². The average molecular weight is 339 g/mol. The first-order valence-corrected chi connectivity index (χ1v) is 9.60. The smallest absolute Gasteiger partial charge is 0.227 e. The fraction of sp³-hybridized carbons (Fsp3) is 0.571. The molecule has 25 heavy (non-hydrogen) atoms. The minimum absolute atomic E-state index is 0.206. The first kappa shape index (κ1) is 15.3. The number of carbonyl (C=O) groups is 1. The lowest BCUT2D eigenvalue weighted by atomic mass is 9.51. The van der Waals surface area contributed by atoms with Crippen molar-refractivity contribution < 1.29 is 13.6 Å². The molecule has 2 heterocycles. The molecule has 132 valence electrons. The van der Waals surface area contributed by atoms with Gasteiger partial charge in [-0.2, -0.15) is 0 Å². The zero-order valence-corrected chi connectivity index (χ0v) is 14.5. The fourth-order valence-electron chi connectivity index (χ4n) is 5.93. The van der Waals surface area contributed by atoms with Gasteiger partial charge in [-0.15, -0.1) is 0 Å². The summed E-state index contributed by atoms with van der Waals surface area (Å²) in [6.45, 7) is 1.05. The number of rotatable bonds is 5. The molecule has 2 aromatic rings. The third-order valence-corrected chi connectivity index (χ3v) is 6.68. The Hall–Kier alpha value is -1.97. The van der Waals surface area contributed by atoms with Crippen molar-refractivity contribution in [2.75, 3.05) is 0 Å². The summed E-state index contributed by atoms with van der Waals surface area (Å²) in [6.07, 6.45) is 9.81. The van der Waals surface area contributed by atoms with Gasteiger partial charge >= 0.3 is 0 Å². The zero-order chi connectivity index (χ0) is 16.8. The molecule has 4 saturated carbocycles. The van der Waals surface area contributed by atoms with Gasteiger partial charge in [0, 0.05) is 5.92 Å². The van der Waals surface area contributed by atoms with E-state index in [1.165, 1.54) is 32.1 Å².